The van der Waals surface area contributed by atoms with Crippen molar-refractivity contribution in [3.05, 3.63) is 35.4 Å². The van der Waals surface area contributed by atoms with E-state index in [4.69, 9.17) is 9.73 Å². The first-order chi connectivity index (χ1) is 13.3. The van der Waals surface area contributed by atoms with Crippen molar-refractivity contribution in [1.29, 1.82) is 0 Å². The highest BCUT2D eigenvalue weighted by Gasteiger charge is 2.22. The third-order valence-electron chi connectivity index (χ3n) is 4.99. The molecule has 0 aromatic heterocycles. The Balaban J connectivity index is 0.00000420. The predicted molar refractivity (Wildman–Crippen MR) is 138 cm³/mol. The molecule has 166 valence electrons. The number of benzene rings is 1. The molecule has 0 aliphatic carbocycles. The Morgan fingerprint density at radius 3 is 2.38 bits per heavy atom. The zero-order valence-electron chi connectivity index (χ0n) is 18.8. The smallest absolute Gasteiger partial charge is 0.191 e. The average molecular weight is 535 g/mol. The summed E-state index contributed by atoms with van der Waals surface area (Å²) >= 11 is 1.86. The molecule has 1 fully saturated rings. The summed E-state index contributed by atoms with van der Waals surface area (Å²) in [4.78, 5) is 7.34. The number of aliphatic imine (C=N–C) groups is 1. The summed E-state index contributed by atoms with van der Waals surface area (Å²) in [5.41, 5.74) is 2.64. The first-order valence-electron chi connectivity index (χ1n) is 10.3. The normalized spacial score (nSPS) is 20.8. The van der Waals surface area contributed by atoms with E-state index in [2.05, 4.69) is 80.7 Å². The molecule has 1 heterocycles. The molecule has 2 N–H and O–H groups in total. The molecule has 1 aliphatic rings. The standard InChI is InChI=1S/C22H38N4OS.HI/c1-7-23-21(25-16-22(4,5)28-6)24-12-19-10-8-9-11-20(19)15-26-13-17(2)27-18(3)14-26;/h8-11,17-18H,7,12-16H2,1-6H3,(H2,23,24,25);1H. The Bertz CT molecular complexity index is 631. The number of thioether (sulfide) groups is 1. The monoisotopic (exact) mass is 534 g/mol. The molecule has 1 saturated heterocycles. The lowest BCUT2D eigenvalue weighted by molar-refractivity contribution is -0.0705. The summed E-state index contributed by atoms with van der Waals surface area (Å²) in [6.45, 7) is 16.2. The molecular weight excluding hydrogens is 495 g/mol. The van der Waals surface area contributed by atoms with Gasteiger partial charge in [-0.2, -0.15) is 11.8 Å². The molecule has 0 radical (unpaired) electrons. The SMILES string of the molecule is CCNC(=NCc1ccccc1CN1CC(C)OC(C)C1)NCC(C)(C)SC.I. The Morgan fingerprint density at radius 1 is 1.17 bits per heavy atom. The molecule has 0 amide bonds. The van der Waals surface area contributed by atoms with Crippen LogP contribution in [0.4, 0.5) is 0 Å². The van der Waals surface area contributed by atoms with Crippen LogP contribution in [0.2, 0.25) is 0 Å². The highest BCUT2D eigenvalue weighted by molar-refractivity contribution is 14.0. The van der Waals surface area contributed by atoms with Crippen LogP contribution in [0.15, 0.2) is 29.3 Å². The third kappa shape index (κ3) is 9.44. The van der Waals surface area contributed by atoms with Crippen molar-refractivity contribution in [3.8, 4) is 0 Å². The van der Waals surface area contributed by atoms with Crippen LogP contribution >= 0.6 is 35.7 Å². The second-order valence-corrected chi connectivity index (χ2v) is 9.75. The lowest BCUT2D eigenvalue weighted by atomic mass is 10.1. The van der Waals surface area contributed by atoms with Crippen LogP contribution in [0.5, 0.6) is 0 Å². The number of ether oxygens (including phenoxy) is 1. The van der Waals surface area contributed by atoms with E-state index in [1.807, 2.05) is 11.8 Å². The molecule has 7 heteroatoms. The Hall–Kier alpha value is -0.510. The van der Waals surface area contributed by atoms with E-state index in [0.717, 1.165) is 38.7 Å². The van der Waals surface area contributed by atoms with E-state index in [0.29, 0.717) is 18.8 Å². The van der Waals surface area contributed by atoms with Crippen LogP contribution in [-0.4, -0.2) is 60.2 Å². The number of morpholine rings is 1. The molecule has 2 unspecified atom stereocenters. The van der Waals surface area contributed by atoms with Crippen LogP contribution in [0.3, 0.4) is 0 Å². The van der Waals surface area contributed by atoms with Gasteiger partial charge < -0.3 is 15.4 Å². The van der Waals surface area contributed by atoms with Gasteiger partial charge in [0.2, 0.25) is 0 Å². The zero-order chi connectivity index (χ0) is 20.6. The van der Waals surface area contributed by atoms with Gasteiger partial charge in [-0.25, -0.2) is 4.99 Å². The number of nitrogens with zero attached hydrogens (tertiary/aromatic N) is 2. The lowest BCUT2D eigenvalue weighted by Gasteiger charge is -2.35. The molecule has 2 atom stereocenters. The molecule has 1 aliphatic heterocycles. The molecule has 0 spiro atoms. The first kappa shape index (κ1) is 26.5. The summed E-state index contributed by atoms with van der Waals surface area (Å²) in [5, 5.41) is 6.85. The summed E-state index contributed by atoms with van der Waals surface area (Å²) in [6, 6.07) is 8.66. The molecule has 2 rings (SSSR count). The molecule has 0 bridgehead atoms. The van der Waals surface area contributed by atoms with Gasteiger partial charge in [0.25, 0.3) is 0 Å². The highest BCUT2D eigenvalue weighted by atomic mass is 127. The Labute approximate surface area is 198 Å². The van der Waals surface area contributed by atoms with E-state index >= 15 is 0 Å². The average Bonchev–Trinajstić information content (AvgIpc) is 2.64. The molecule has 5 nitrogen and oxygen atoms in total. The minimum absolute atomic E-state index is 0. The maximum absolute atomic E-state index is 5.87. The largest absolute Gasteiger partial charge is 0.373 e. The third-order valence-corrected chi connectivity index (χ3v) is 6.24. The second-order valence-electron chi connectivity index (χ2n) is 8.23. The van der Waals surface area contributed by atoms with Crippen molar-refractivity contribution in [3.63, 3.8) is 0 Å². The predicted octanol–water partition coefficient (Wildman–Crippen LogP) is 4.11. The first-order valence-corrected chi connectivity index (χ1v) is 11.6. The minimum Gasteiger partial charge on any atom is -0.373 e. The fourth-order valence-electron chi connectivity index (χ4n) is 3.40. The molecular formula is C22H39IN4OS. The fraction of sp³-hybridized carbons (Fsp3) is 0.682. The van der Waals surface area contributed by atoms with Gasteiger partial charge in [0.15, 0.2) is 5.96 Å². The molecule has 1 aromatic carbocycles. The van der Waals surface area contributed by atoms with Gasteiger partial charge >= 0.3 is 0 Å². The van der Waals surface area contributed by atoms with Crippen molar-refractivity contribution in [2.24, 2.45) is 4.99 Å². The van der Waals surface area contributed by atoms with Crippen LogP contribution in [0.1, 0.15) is 45.7 Å². The van der Waals surface area contributed by atoms with Crippen LogP contribution < -0.4 is 10.6 Å². The lowest BCUT2D eigenvalue weighted by Crippen LogP contribution is -2.45. The van der Waals surface area contributed by atoms with E-state index in [-0.39, 0.29) is 28.7 Å². The van der Waals surface area contributed by atoms with E-state index in [1.54, 1.807) is 0 Å². The van der Waals surface area contributed by atoms with Crippen molar-refractivity contribution >= 4 is 41.7 Å². The van der Waals surface area contributed by atoms with Crippen molar-refractivity contribution < 1.29 is 4.74 Å². The summed E-state index contributed by atoms with van der Waals surface area (Å²) in [7, 11) is 0. The van der Waals surface area contributed by atoms with Gasteiger partial charge in [-0.15, -0.1) is 24.0 Å². The molecule has 29 heavy (non-hydrogen) atoms. The van der Waals surface area contributed by atoms with Crippen LogP contribution in [0, 0.1) is 0 Å². The number of rotatable bonds is 8. The maximum Gasteiger partial charge on any atom is 0.191 e. The maximum atomic E-state index is 5.87. The van der Waals surface area contributed by atoms with Gasteiger partial charge in [-0.1, -0.05) is 24.3 Å². The van der Waals surface area contributed by atoms with E-state index in [9.17, 15) is 0 Å². The van der Waals surface area contributed by atoms with Gasteiger partial charge in [-0.05, 0) is 52.0 Å². The van der Waals surface area contributed by atoms with E-state index < -0.39 is 0 Å². The number of hydrogen-bond acceptors (Lipinski definition) is 4. The van der Waals surface area contributed by atoms with Crippen LogP contribution in [0.25, 0.3) is 0 Å². The van der Waals surface area contributed by atoms with Gasteiger partial charge in [-0.3, -0.25) is 4.90 Å². The number of guanidine groups is 1. The second kappa shape index (κ2) is 13.0. The Morgan fingerprint density at radius 2 is 1.79 bits per heavy atom. The summed E-state index contributed by atoms with van der Waals surface area (Å²) in [6.07, 6.45) is 2.73. The molecule has 1 aromatic rings. The summed E-state index contributed by atoms with van der Waals surface area (Å²) in [5.74, 6) is 0.882. The fourth-order valence-corrected chi connectivity index (χ4v) is 3.61. The van der Waals surface area contributed by atoms with Gasteiger partial charge in [0.1, 0.15) is 0 Å². The van der Waals surface area contributed by atoms with Crippen molar-refractivity contribution in [1.82, 2.24) is 15.5 Å². The van der Waals surface area contributed by atoms with E-state index in [1.165, 1.54) is 11.1 Å². The van der Waals surface area contributed by atoms with Gasteiger partial charge in [0.05, 0.1) is 18.8 Å². The van der Waals surface area contributed by atoms with Crippen LogP contribution in [-0.2, 0) is 17.8 Å². The topological polar surface area (TPSA) is 48.9 Å². The number of halogens is 1. The molecule has 0 saturated carbocycles. The van der Waals surface area contributed by atoms with Crippen molar-refractivity contribution in [2.75, 3.05) is 32.4 Å². The highest BCUT2D eigenvalue weighted by Crippen LogP contribution is 2.20. The minimum atomic E-state index is 0. The quantitative estimate of drug-likeness (QED) is 0.299. The zero-order valence-corrected chi connectivity index (χ0v) is 22.0. The number of hydrogen-bond donors (Lipinski definition) is 2. The summed E-state index contributed by atoms with van der Waals surface area (Å²) < 4.78 is 6.05. The number of nitrogens with one attached hydrogen (secondary N) is 2. The van der Waals surface area contributed by atoms with Crippen molar-refractivity contribution in [2.45, 2.75) is 64.7 Å². The Kier molecular flexibility index (Phi) is 11.9. The van der Waals surface area contributed by atoms with Gasteiger partial charge in [0, 0.05) is 37.5 Å².